The van der Waals surface area contributed by atoms with Crippen molar-refractivity contribution >= 4 is 23.3 Å². The molecule has 1 aromatic heterocycles. The highest BCUT2D eigenvalue weighted by Gasteiger charge is 2.42. The lowest BCUT2D eigenvalue weighted by atomic mass is 9.97. The summed E-state index contributed by atoms with van der Waals surface area (Å²) in [6, 6.07) is 5.45. The fraction of sp³-hybridized carbons (Fsp3) is 0.571. The Hall–Kier alpha value is -3.20. The van der Waals surface area contributed by atoms with E-state index in [0.717, 1.165) is 37.3 Å². The molecule has 3 heterocycles. The van der Waals surface area contributed by atoms with Gasteiger partial charge in [0.2, 0.25) is 5.91 Å². The highest BCUT2D eigenvalue weighted by Crippen LogP contribution is 2.39. The third kappa shape index (κ3) is 5.56. The third-order valence-corrected chi connectivity index (χ3v) is 7.38. The Bertz CT molecular complexity index is 1150. The van der Waals surface area contributed by atoms with E-state index in [0.29, 0.717) is 35.7 Å². The molecule has 200 valence electrons. The van der Waals surface area contributed by atoms with E-state index in [1.165, 1.54) is 0 Å². The molecule has 0 saturated carbocycles. The molecule has 2 aliphatic rings. The van der Waals surface area contributed by atoms with Crippen molar-refractivity contribution in [3.8, 4) is 5.75 Å². The third-order valence-electron chi connectivity index (χ3n) is 7.38. The number of piperidine rings is 1. The van der Waals surface area contributed by atoms with Gasteiger partial charge in [0.15, 0.2) is 5.82 Å². The summed E-state index contributed by atoms with van der Waals surface area (Å²) < 4.78 is 5.66. The molecule has 2 aliphatic heterocycles. The van der Waals surface area contributed by atoms with Crippen LogP contribution in [-0.2, 0) is 11.2 Å². The molecule has 1 aromatic carbocycles. The van der Waals surface area contributed by atoms with Gasteiger partial charge in [0.25, 0.3) is 5.91 Å². The molecule has 0 aliphatic carbocycles. The van der Waals surface area contributed by atoms with Gasteiger partial charge in [-0.05, 0) is 72.3 Å². The van der Waals surface area contributed by atoms with E-state index in [1.54, 1.807) is 31.3 Å². The lowest BCUT2D eigenvalue weighted by Gasteiger charge is -2.47. The maximum absolute atomic E-state index is 13.0. The second-order valence-corrected chi connectivity index (χ2v) is 11.1. The molecule has 1 atom stereocenters. The Kier molecular flexibility index (Phi) is 7.73. The first-order valence-electron chi connectivity index (χ1n) is 13.1. The Morgan fingerprint density at radius 1 is 1.19 bits per heavy atom. The summed E-state index contributed by atoms with van der Waals surface area (Å²) in [7, 11) is 5.50. The number of ether oxygens (including phenoxy) is 1. The second kappa shape index (κ2) is 10.7. The number of carbonyl (C=O) groups excluding carboxylic acids is 2. The first kappa shape index (κ1) is 26.9. The van der Waals surface area contributed by atoms with Gasteiger partial charge in [0.05, 0.1) is 13.3 Å². The van der Waals surface area contributed by atoms with Crippen LogP contribution in [0.25, 0.3) is 0 Å². The van der Waals surface area contributed by atoms with Gasteiger partial charge in [-0.2, -0.15) is 0 Å². The van der Waals surface area contributed by atoms with Gasteiger partial charge in [0, 0.05) is 36.2 Å². The summed E-state index contributed by atoms with van der Waals surface area (Å²) in [4.78, 5) is 41.5. The number of aromatic nitrogens is 2. The topological polar surface area (TPSA) is 90.9 Å². The van der Waals surface area contributed by atoms with Crippen molar-refractivity contribution in [3.63, 3.8) is 0 Å². The summed E-state index contributed by atoms with van der Waals surface area (Å²) in [6.45, 7) is 10.3. The van der Waals surface area contributed by atoms with Crippen molar-refractivity contribution in [2.45, 2.75) is 71.0 Å². The zero-order chi connectivity index (χ0) is 26.9. The van der Waals surface area contributed by atoms with Crippen LogP contribution in [0.5, 0.6) is 5.75 Å². The van der Waals surface area contributed by atoms with Crippen molar-refractivity contribution in [3.05, 3.63) is 41.3 Å². The van der Waals surface area contributed by atoms with Crippen LogP contribution in [-0.4, -0.2) is 78.6 Å². The number of carbonyl (C=O) groups is 2. The fourth-order valence-corrected chi connectivity index (χ4v) is 5.27. The molecule has 0 unspecified atom stereocenters. The number of amides is 2. The van der Waals surface area contributed by atoms with Crippen LogP contribution in [0.2, 0.25) is 0 Å². The van der Waals surface area contributed by atoms with Crippen LogP contribution in [0.3, 0.4) is 0 Å². The second-order valence-electron chi connectivity index (χ2n) is 11.1. The monoisotopic (exact) mass is 508 g/mol. The summed E-state index contributed by atoms with van der Waals surface area (Å²) >= 11 is 0. The number of likely N-dealkylation sites (N-methyl/N-ethyl adjacent to an activating group) is 1. The maximum Gasteiger partial charge on any atom is 0.251 e. The Labute approximate surface area is 220 Å². The number of nitrogens with one attached hydrogen (secondary N) is 1. The van der Waals surface area contributed by atoms with Crippen molar-refractivity contribution in [2.24, 2.45) is 0 Å². The summed E-state index contributed by atoms with van der Waals surface area (Å²) in [5.41, 5.74) is 1.89. The highest BCUT2D eigenvalue weighted by molar-refractivity contribution is 6.04. The summed E-state index contributed by atoms with van der Waals surface area (Å²) in [5, 5.41) is 3.16. The Morgan fingerprint density at radius 3 is 2.51 bits per heavy atom. The zero-order valence-corrected chi connectivity index (χ0v) is 23.2. The van der Waals surface area contributed by atoms with Gasteiger partial charge in [-0.1, -0.05) is 13.0 Å². The van der Waals surface area contributed by atoms with E-state index in [-0.39, 0.29) is 29.4 Å². The fourth-order valence-electron chi connectivity index (χ4n) is 5.27. The molecule has 1 N–H and O–H groups in total. The minimum atomic E-state index is -0.293. The molecule has 0 radical (unpaired) electrons. The minimum absolute atomic E-state index is 0.0528. The zero-order valence-electron chi connectivity index (χ0n) is 23.2. The van der Waals surface area contributed by atoms with Gasteiger partial charge in [0.1, 0.15) is 23.3 Å². The predicted octanol–water partition coefficient (Wildman–Crippen LogP) is 3.26. The molecule has 0 bridgehead atoms. The van der Waals surface area contributed by atoms with Crippen LogP contribution in [0.15, 0.2) is 24.4 Å². The van der Waals surface area contributed by atoms with E-state index < -0.39 is 0 Å². The average Bonchev–Trinajstić information content (AvgIpc) is 2.86. The summed E-state index contributed by atoms with van der Waals surface area (Å²) in [6.07, 6.45) is 4.78. The van der Waals surface area contributed by atoms with E-state index >= 15 is 0 Å². The molecule has 9 heteroatoms. The van der Waals surface area contributed by atoms with E-state index in [1.807, 2.05) is 19.1 Å². The number of likely N-dealkylation sites (tertiary alicyclic amines) is 1. The largest absolute Gasteiger partial charge is 0.496 e. The minimum Gasteiger partial charge on any atom is -0.496 e. The van der Waals surface area contributed by atoms with Crippen LogP contribution in [0.4, 0.5) is 11.5 Å². The van der Waals surface area contributed by atoms with Crippen molar-refractivity contribution < 1.29 is 14.3 Å². The van der Waals surface area contributed by atoms with Crippen molar-refractivity contribution in [1.29, 1.82) is 0 Å². The Balaban J connectivity index is 1.58. The van der Waals surface area contributed by atoms with Gasteiger partial charge in [-0.15, -0.1) is 0 Å². The lowest BCUT2D eigenvalue weighted by molar-refractivity contribution is -0.120. The normalized spacial score (nSPS) is 19.1. The van der Waals surface area contributed by atoms with E-state index in [4.69, 9.17) is 9.72 Å². The highest BCUT2D eigenvalue weighted by atomic mass is 16.5. The lowest BCUT2D eigenvalue weighted by Crippen LogP contribution is -2.59. The van der Waals surface area contributed by atoms with Crippen LogP contribution in [0.1, 0.15) is 68.7 Å². The van der Waals surface area contributed by atoms with Crippen LogP contribution in [0, 0.1) is 0 Å². The number of hydrogen-bond acceptors (Lipinski definition) is 7. The van der Waals surface area contributed by atoms with Gasteiger partial charge >= 0.3 is 0 Å². The molecule has 2 amide bonds. The first-order chi connectivity index (χ1) is 17.5. The number of methoxy groups -OCH3 is 1. The summed E-state index contributed by atoms with van der Waals surface area (Å²) in [5.74, 6) is 2.00. The van der Waals surface area contributed by atoms with Crippen LogP contribution < -0.4 is 19.9 Å². The molecular weight excluding hydrogens is 468 g/mol. The van der Waals surface area contributed by atoms with Crippen molar-refractivity contribution in [1.82, 2.24) is 20.2 Å². The smallest absolute Gasteiger partial charge is 0.251 e. The molecule has 37 heavy (non-hydrogen) atoms. The van der Waals surface area contributed by atoms with Gasteiger partial charge in [-0.3, -0.25) is 9.59 Å². The number of anilines is 2. The van der Waals surface area contributed by atoms with Crippen molar-refractivity contribution in [2.75, 3.05) is 44.1 Å². The van der Waals surface area contributed by atoms with E-state index in [9.17, 15) is 9.59 Å². The number of hydrogen-bond donors (Lipinski definition) is 1. The first-order valence-corrected chi connectivity index (χ1v) is 13.1. The SMILES string of the molecule is CC[C@@H]1C(=O)N(C)c2cnc(Cc3ccc(C(=O)NC4CCN(C)CC4)cc3OC)nc2N1C(C)(C)C. The van der Waals surface area contributed by atoms with Gasteiger partial charge < -0.3 is 24.8 Å². The molecule has 1 saturated heterocycles. The number of benzene rings is 1. The standard InChI is InChI=1S/C28H40N6O3/c1-8-21-27(36)33(6)22-17-29-24(31-25(22)34(21)28(2,3)4)16-18-9-10-19(15-23(18)37-7)26(35)30-20-11-13-32(5)14-12-20/h9-10,15,17,20-21H,8,11-14,16H2,1-7H3,(H,30,35)/t21-/m1/s1. The maximum atomic E-state index is 13.0. The Morgan fingerprint density at radius 2 is 1.89 bits per heavy atom. The molecular formula is C28H40N6O3. The predicted molar refractivity (Wildman–Crippen MR) is 146 cm³/mol. The van der Waals surface area contributed by atoms with Crippen LogP contribution >= 0.6 is 0 Å². The molecule has 9 nitrogen and oxygen atoms in total. The van der Waals surface area contributed by atoms with E-state index in [2.05, 4.69) is 47.9 Å². The molecule has 0 spiro atoms. The number of rotatable bonds is 6. The average molecular weight is 509 g/mol. The van der Waals surface area contributed by atoms with Gasteiger partial charge in [-0.25, -0.2) is 9.97 Å². The molecule has 2 aromatic rings. The molecule has 4 rings (SSSR count). The quantitative estimate of drug-likeness (QED) is 0.640. The molecule has 1 fully saturated rings. The number of fused-ring (bicyclic) bond motifs is 1. The number of nitrogens with zero attached hydrogens (tertiary/aromatic N) is 5.